The molecule has 1 atom stereocenters. The first-order chi connectivity index (χ1) is 11.6. The molecule has 2 aromatic rings. The van der Waals surface area contributed by atoms with Gasteiger partial charge in [-0.1, -0.05) is 5.92 Å². The molecule has 2 amide bonds. The molecule has 0 unspecified atom stereocenters. The molecule has 2 aromatic heterocycles. The average Bonchev–Trinajstić information content (AvgIpc) is 3.03. The molecule has 8 heteroatoms. The van der Waals surface area contributed by atoms with Gasteiger partial charge >= 0.3 is 0 Å². The fraction of sp³-hybridized carbons (Fsp3) is 0.375. The third-order valence-electron chi connectivity index (χ3n) is 4.00. The van der Waals surface area contributed by atoms with E-state index < -0.39 is 5.91 Å². The average molecular weight is 326 g/mol. The first-order valence-corrected chi connectivity index (χ1v) is 7.70. The molecule has 4 N–H and O–H groups in total. The number of carbonyl (C=O) groups is 2. The van der Waals surface area contributed by atoms with Gasteiger partial charge in [0.2, 0.25) is 0 Å². The van der Waals surface area contributed by atoms with Crippen LogP contribution in [0.4, 0.5) is 5.82 Å². The van der Waals surface area contributed by atoms with Gasteiger partial charge in [-0.15, -0.1) is 0 Å². The molecular formula is C16H18N6O2. The van der Waals surface area contributed by atoms with Crippen LogP contribution in [-0.4, -0.2) is 45.9 Å². The van der Waals surface area contributed by atoms with Crippen LogP contribution in [0.25, 0.3) is 11.0 Å². The SMILES string of the molecule is CC#CC(=O)N[C@H]1CCCN(c2ncc(C(N)=O)c3[nH]cnc23)C1. The Morgan fingerprint density at radius 2 is 2.29 bits per heavy atom. The molecule has 0 bridgehead atoms. The van der Waals surface area contributed by atoms with Gasteiger partial charge in [0.15, 0.2) is 5.82 Å². The molecular weight excluding hydrogens is 308 g/mol. The Morgan fingerprint density at radius 3 is 3.04 bits per heavy atom. The van der Waals surface area contributed by atoms with Crippen LogP contribution in [0.1, 0.15) is 30.1 Å². The Balaban J connectivity index is 1.86. The topological polar surface area (TPSA) is 117 Å². The zero-order valence-electron chi connectivity index (χ0n) is 13.3. The zero-order valence-corrected chi connectivity index (χ0v) is 13.3. The summed E-state index contributed by atoms with van der Waals surface area (Å²) in [7, 11) is 0. The van der Waals surface area contributed by atoms with E-state index in [1.165, 1.54) is 12.5 Å². The van der Waals surface area contributed by atoms with Crippen molar-refractivity contribution in [3.8, 4) is 11.8 Å². The summed E-state index contributed by atoms with van der Waals surface area (Å²) in [6, 6.07) is -0.00120. The first kappa shape index (κ1) is 15.8. The van der Waals surface area contributed by atoms with E-state index in [9.17, 15) is 9.59 Å². The van der Waals surface area contributed by atoms with Gasteiger partial charge in [0.25, 0.3) is 11.8 Å². The summed E-state index contributed by atoms with van der Waals surface area (Å²) < 4.78 is 0. The van der Waals surface area contributed by atoms with Crippen molar-refractivity contribution in [2.75, 3.05) is 18.0 Å². The minimum atomic E-state index is -0.551. The van der Waals surface area contributed by atoms with Crippen LogP contribution in [0.5, 0.6) is 0 Å². The number of amides is 2. The van der Waals surface area contributed by atoms with Gasteiger partial charge in [0, 0.05) is 25.3 Å². The number of aromatic amines is 1. The molecule has 0 radical (unpaired) electrons. The fourth-order valence-corrected chi connectivity index (χ4v) is 2.96. The number of H-pyrrole nitrogens is 1. The number of hydrogen-bond acceptors (Lipinski definition) is 5. The van der Waals surface area contributed by atoms with Crippen molar-refractivity contribution in [1.29, 1.82) is 0 Å². The van der Waals surface area contributed by atoms with Crippen molar-refractivity contribution in [1.82, 2.24) is 20.3 Å². The third-order valence-corrected chi connectivity index (χ3v) is 4.00. The van der Waals surface area contributed by atoms with Crippen LogP contribution in [0.15, 0.2) is 12.5 Å². The summed E-state index contributed by atoms with van der Waals surface area (Å²) in [5, 5.41) is 2.91. The highest BCUT2D eigenvalue weighted by molar-refractivity contribution is 6.06. The van der Waals surface area contributed by atoms with Crippen molar-refractivity contribution in [3.63, 3.8) is 0 Å². The molecule has 3 rings (SSSR count). The Kier molecular flexibility index (Phi) is 4.33. The molecule has 124 valence electrons. The Labute approximate surface area is 138 Å². The largest absolute Gasteiger partial charge is 0.365 e. The molecule has 1 aliphatic heterocycles. The second-order valence-corrected chi connectivity index (χ2v) is 5.62. The quantitative estimate of drug-likeness (QED) is 0.695. The summed E-state index contributed by atoms with van der Waals surface area (Å²) in [5.41, 5.74) is 6.87. The molecule has 1 saturated heterocycles. The Bertz CT molecular complexity index is 847. The van der Waals surface area contributed by atoms with Gasteiger partial charge in [-0.25, -0.2) is 9.97 Å². The van der Waals surface area contributed by atoms with Gasteiger partial charge in [0.05, 0.1) is 17.4 Å². The molecule has 0 saturated carbocycles. The highest BCUT2D eigenvalue weighted by atomic mass is 16.1. The van der Waals surface area contributed by atoms with E-state index in [4.69, 9.17) is 5.73 Å². The molecule has 3 heterocycles. The number of imidazole rings is 1. The molecule has 1 fully saturated rings. The molecule has 1 aliphatic rings. The summed E-state index contributed by atoms with van der Waals surface area (Å²) in [5.74, 6) is 4.94. The standard InChI is InChI=1S/C16H18N6O2/c1-2-4-12(23)21-10-5-3-6-22(8-10)16-14-13(19-9-20-14)11(7-18-16)15(17)24/h7,9-10H,3,5-6,8H2,1H3,(H2,17,24)(H,19,20)(H,21,23)/t10-/m0/s1. The fourth-order valence-electron chi connectivity index (χ4n) is 2.96. The van der Waals surface area contributed by atoms with E-state index in [1.54, 1.807) is 6.92 Å². The number of primary amides is 1. The van der Waals surface area contributed by atoms with E-state index in [-0.39, 0.29) is 11.9 Å². The molecule has 8 nitrogen and oxygen atoms in total. The first-order valence-electron chi connectivity index (χ1n) is 7.70. The number of piperidine rings is 1. The number of nitrogens with two attached hydrogens (primary N) is 1. The van der Waals surface area contributed by atoms with Crippen LogP contribution in [-0.2, 0) is 4.79 Å². The van der Waals surface area contributed by atoms with Crippen LogP contribution < -0.4 is 16.0 Å². The predicted molar refractivity (Wildman–Crippen MR) is 89.2 cm³/mol. The van der Waals surface area contributed by atoms with E-state index in [0.717, 1.165) is 19.4 Å². The second kappa shape index (κ2) is 6.58. The van der Waals surface area contributed by atoms with Crippen LogP contribution in [0.2, 0.25) is 0 Å². The molecule has 24 heavy (non-hydrogen) atoms. The minimum absolute atomic E-state index is 0.00120. The summed E-state index contributed by atoms with van der Waals surface area (Å²) in [6.45, 7) is 3.05. The van der Waals surface area contributed by atoms with Gasteiger partial charge < -0.3 is 20.9 Å². The number of rotatable bonds is 3. The van der Waals surface area contributed by atoms with Crippen LogP contribution in [0, 0.1) is 11.8 Å². The maximum absolute atomic E-state index is 11.7. The smallest absolute Gasteiger partial charge is 0.296 e. The highest BCUT2D eigenvalue weighted by Gasteiger charge is 2.25. The number of aromatic nitrogens is 3. The molecule has 0 aromatic carbocycles. The lowest BCUT2D eigenvalue weighted by Crippen LogP contribution is -2.47. The number of pyridine rings is 1. The van der Waals surface area contributed by atoms with Gasteiger partial charge in [-0.05, 0) is 25.7 Å². The predicted octanol–water partition coefficient (Wildman–Crippen LogP) is 0.165. The van der Waals surface area contributed by atoms with E-state index in [1.807, 2.05) is 0 Å². The van der Waals surface area contributed by atoms with Crippen LogP contribution in [0.3, 0.4) is 0 Å². The van der Waals surface area contributed by atoms with Gasteiger partial charge in [0.1, 0.15) is 5.52 Å². The van der Waals surface area contributed by atoms with Gasteiger partial charge in [-0.2, -0.15) is 0 Å². The summed E-state index contributed by atoms with van der Waals surface area (Å²) in [6.07, 6.45) is 4.78. The third kappa shape index (κ3) is 3.01. The summed E-state index contributed by atoms with van der Waals surface area (Å²) >= 11 is 0. The van der Waals surface area contributed by atoms with Crippen molar-refractivity contribution < 1.29 is 9.59 Å². The van der Waals surface area contributed by atoms with Crippen LogP contribution >= 0.6 is 0 Å². The number of nitrogens with one attached hydrogen (secondary N) is 2. The summed E-state index contributed by atoms with van der Waals surface area (Å²) in [4.78, 5) is 36.8. The van der Waals surface area contributed by atoms with Crippen molar-refractivity contribution in [2.45, 2.75) is 25.8 Å². The number of fused-ring (bicyclic) bond motifs is 1. The van der Waals surface area contributed by atoms with Crippen molar-refractivity contribution >= 4 is 28.7 Å². The maximum atomic E-state index is 11.7. The Morgan fingerprint density at radius 1 is 1.46 bits per heavy atom. The number of nitrogens with zero attached hydrogens (tertiary/aromatic N) is 3. The highest BCUT2D eigenvalue weighted by Crippen LogP contribution is 2.26. The van der Waals surface area contributed by atoms with E-state index >= 15 is 0 Å². The van der Waals surface area contributed by atoms with E-state index in [0.29, 0.717) is 29.0 Å². The Hall–Kier alpha value is -3.08. The minimum Gasteiger partial charge on any atom is -0.365 e. The lowest BCUT2D eigenvalue weighted by Gasteiger charge is -2.33. The van der Waals surface area contributed by atoms with Gasteiger partial charge in [-0.3, -0.25) is 9.59 Å². The zero-order chi connectivity index (χ0) is 17.1. The second-order valence-electron chi connectivity index (χ2n) is 5.62. The molecule has 0 aliphatic carbocycles. The maximum Gasteiger partial charge on any atom is 0.296 e. The number of carbonyl (C=O) groups excluding carboxylic acids is 2. The van der Waals surface area contributed by atoms with Crippen molar-refractivity contribution in [2.24, 2.45) is 5.73 Å². The monoisotopic (exact) mass is 326 g/mol. The van der Waals surface area contributed by atoms with Crippen molar-refractivity contribution in [3.05, 3.63) is 18.1 Å². The lowest BCUT2D eigenvalue weighted by atomic mass is 10.1. The number of hydrogen-bond donors (Lipinski definition) is 3. The van der Waals surface area contributed by atoms with E-state index in [2.05, 4.69) is 37.0 Å². The number of anilines is 1. The normalized spacial score (nSPS) is 17.2. The lowest BCUT2D eigenvalue weighted by molar-refractivity contribution is -0.116. The molecule has 0 spiro atoms.